The average Bonchev–Trinajstić information content (AvgIpc) is 2.54. The molecule has 2 N–H and O–H groups in total. The van der Waals surface area contributed by atoms with E-state index in [1.165, 1.54) is 0 Å². The van der Waals surface area contributed by atoms with Crippen molar-refractivity contribution < 1.29 is 9.90 Å². The van der Waals surface area contributed by atoms with Crippen molar-refractivity contribution in [1.29, 1.82) is 0 Å². The van der Waals surface area contributed by atoms with Crippen LogP contribution in [0.3, 0.4) is 0 Å². The highest BCUT2D eigenvalue weighted by Crippen LogP contribution is 2.02. The van der Waals surface area contributed by atoms with Crippen molar-refractivity contribution >= 4 is 5.91 Å². The van der Waals surface area contributed by atoms with Crippen LogP contribution in [0.4, 0.5) is 0 Å². The lowest BCUT2D eigenvalue weighted by molar-refractivity contribution is -0.121. The van der Waals surface area contributed by atoms with Crippen molar-refractivity contribution in [1.82, 2.24) is 15.3 Å². The molecule has 0 atom stereocenters. The third-order valence-electron chi connectivity index (χ3n) is 3.06. The van der Waals surface area contributed by atoms with E-state index in [1.54, 1.807) is 12.3 Å². The predicted molar refractivity (Wildman–Crippen MR) is 79.2 cm³/mol. The summed E-state index contributed by atoms with van der Waals surface area (Å²) in [6.45, 7) is 0.294. The second kappa shape index (κ2) is 8.11. The van der Waals surface area contributed by atoms with Gasteiger partial charge in [0.25, 0.3) is 0 Å². The summed E-state index contributed by atoms with van der Waals surface area (Å²) in [7, 11) is 0. The number of carbonyl (C=O) groups is 1. The van der Waals surface area contributed by atoms with E-state index >= 15 is 0 Å². The number of aryl methyl sites for hydroxylation is 1. The van der Waals surface area contributed by atoms with E-state index in [0.29, 0.717) is 18.7 Å². The number of pyridine rings is 2. The Hall–Kier alpha value is -2.27. The van der Waals surface area contributed by atoms with Gasteiger partial charge in [-0.05, 0) is 37.1 Å². The summed E-state index contributed by atoms with van der Waals surface area (Å²) >= 11 is 0. The topological polar surface area (TPSA) is 75.1 Å². The van der Waals surface area contributed by atoms with E-state index in [-0.39, 0.29) is 12.5 Å². The molecule has 2 aromatic rings. The largest absolute Gasteiger partial charge is 0.390 e. The lowest BCUT2D eigenvalue weighted by atomic mass is 10.1. The van der Waals surface area contributed by atoms with Gasteiger partial charge in [0.1, 0.15) is 0 Å². The van der Waals surface area contributed by atoms with Crippen LogP contribution < -0.4 is 5.32 Å². The molecule has 5 heteroatoms. The highest BCUT2D eigenvalue weighted by molar-refractivity contribution is 5.75. The molecule has 21 heavy (non-hydrogen) atoms. The fourth-order valence-electron chi connectivity index (χ4n) is 1.97. The number of hydrogen-bond donors (Lipinski definition) is 2. The summed E-state index contributed by atoms with van der Waals surface area (Å²) in [5, 5.41) is 11.8. The van der Waals surface area contributed by atoms with Crippen molar-refractivity contribution in [2.45, 2.75) is 32.4 Å². The minimum atomic E-state index is -0.0914. The van der Waals surface area contributed by atoms with Crippen LogP contribution >= 0.6 is 0 Å². The third kappa shape index (κ3) is 5.31. The zero-order chi connectivity index (χ0) is 14.9. The summed E-state index contributed by atoms with van der Waals surface area (Å²) < 4.78 is 0. The van der Waals surface area contributed by atoms with E-state index < -0.39 is 0 Å². The second-order valence-electron chi connectivity index (χ2n) is 4.73. The van der Waals surface area contributed by atoms with E-state index in [2.05, 4.69) is 15.3 Å². The molecule has 5 nitrogen and oxygen atoms in total. The molecule has 1 amide bonds. The van der Waals surface area contributed by atoms with Crippen LogP contribution in [0.1, 0.15) is 29.9 Å². The molecule has 110 valence electrons. The Morgan fingerprint density at radius 1 is 1.10 bits per heavy atom. The lowest BCUT2D eigenvalue weighted by Gasteiger charge is -2.06. The predicted octanol–water partition coefficient (Wildman–Crippen LogP) is 1.61. The van der Waals surface area contributed by atoms with Crippen molar-refractivity contribution in [2.75, 3.05) is 0 Å². The Labute approximate surface area is 124 Å². The number of amides is 1. The Morgan fingerprint density at radius 2 is 1.90 bits per heavy atom. The van der Waals surface area contributed by atoms with Crippen molar-refractivity contribution in [3.8, 4) is 0 Å². The number of hydrogen-bond acceptors (Lipinski definition) is 4. The molecule has 0 saturated carbocycles. The molecule has 2 heterocycles. The quantitative estimate of drug-likeness (QED) is 0.810. The number of aliphatic hydroxyl groups excluding tert-OH is 1. The Bertz CT molecular complexity index is 573. The maximum Gasteiger partial charge on any atom is 0.220 e. The first kappa shape index (κ1) is 15.1. The Kier molecular flexibility index (Phi) is 5.84. The van der Waals surface area contributed by atoms with Crippen LogP contribution in [0.15, 0.2) is 42.6 Å². The van der Waals surface area contributed by atoms with E-state index in [9.17, 15) is 4.79 Å². The number of aliphatic hydroxyl groups is 1. The third-order valence-corrected chi connectivity index (χ3v) is 3.06. The van der Waals surface area contributed by atoms with Crippen molar-refractivity contribution in [2.24, 2.45) is 0 Å². The lowest BCUT2D eigenvalue weighted by Crippen LogP contribution is -2.23. The monoisotopic (exact) mass is 285 g/mol. The van der Waals surface area contributed by atoms with Gasteiger partial charge in [-0.2, -0.15) is 0 Å². The van der Waals surface area contributed by atoms with E-state index in [0.717, 1.165) is 24.2 Å². The summed E-state index contributed by atoms with van der Waals surface area (Å²) in [6, 6.07) is 11.2. The minimum absolute atomic E-state index is 0.00197. The number of nitrogens with zero attached hydrogens (tertiary/aromatic N) is 2. The Morgan fingerprint density at radius 3 is 2.67 bits per heavy atom. The molecule has 0 aliphatic carbocycles. The first-order valence-corrected chi connectivity index (χ1v) is 7.00. The van der Waals surface area contributed by atoms with Gasteiger partial charge in [0.15, 0.2) is 0 Å². The standard InChI is InChI=1S/C16H19N3O2/c20-12-15-8-3-7-14(19-15)11-18-16(21)9-4-6-13-5-1-2-10-17-13/h1-3,5,7-8,10,20H,4,6,9,11-12H2,(H,18,21). The number of nitrogens with one attached hydrogen (secondary N) is 1. The molecule has 2 rings (SSSR count). The summed E-state index contributed by atoms with van der Waals surface area (Å²) in [4.78, 5) is 20.2. The van der Waals surface area contributed by atoms with Gasteiger partial charge in [-0.25, -0.2) is 0 Å². The first-order valence-electron chi connectivity index (χ1n) is 7.00. The van der Waals surface area contributed by atoms with Crippen molar-refractivity contribution in [3.63, 3.8) is 0 Å². The van der Waals surface area contributed by atoms with E-state index in [1.807, 2.05) is 30.3 Å². The molecule has 0 saturated heterocycles. The normalized spacial score (nSPS) is 10.3. The molecule has 0 radical (unpaired) electrons. The molecule has 2 aromatic heterocycles. The molecule has 0 spiro atoms. The summed E-state index contributed by atoms with van der Waals surface area (Å²) in [6.07, 6.45) is 3.80. The van der Waals surface area contributed by atoms with Crippen LogP contribution in [0, 0.1) is 0 Å². The fourth-order valence-corrected chi connectivity index (χ4v) is 1.97. The van der Waals surface area contributed by atoms with E-state index in [4.69, 9.17) is 5.11 Å². The van der Waals surface area contributed by atoms with Gasteiger partial charge < -0.3 is 10.4 Å². The van der Waals surface area contributed by atoms with Gasteiger partial charge in [0.2, 0.25) is 5.91 Å². The second-order valence-corrected chi connectivity index (χ2v) is 4.73. The molecule has 0 aliphatic heterocycles. The van der Waals surface area contributed by atoms with Gasteiger partial charge in [-0.15, -0.1) is 0 Å². The minimum Gasteiger partial charge on any atom is -0.390 e. The zero-order valence-corrected chi connectivity index (χ0v) is 11.8. The highest BCUT2D eigenvalue weighted by Gasteiger charge is 2.03. The smallest absolute Gasteiger partial charge is 0.220 e. The first-order chi connectivity index (χ1) is 10.3. The fraction of sp³-hybridized carbons (Fsp3) is 0.312. The van der Waals surface area contributed by atoms with Crippen LogP contribution in [0.5, 0.6) is 0 Å². The number of carbonyl (C=O) groups excluding carboxylic acids is 1. The SMILES string of the molecule is O=C(CCCc1ccccn1)NCc1cccc(CO)n1. The van der Waals surface area contributed by atoms with Gasteiger partial charge in [-0.3, -0.25) is 14.8 Å². The zero-order valence-electron chi connectivity index (χ0n) is 11.8. The van der Waals surface area contributed by atoms with Gasteiger partial charge in [0, 0.05) is 18.3 Å². The van der Waals surface area contributed by atoms with Gasteiger partial charge in [0.05, 0.1) is 24.5 Å². The van der Waals surface area contributed by atoms with Crippen molar-refractivity contribution in [3.05, 3.63) is 59.7 Å². The number of rotatable bonds is 7. The van der Waals surface area contributed by atoms with Gasteiger partial charge >= 0.3 is 0 Å². The van der Waals surface area contributed by atoms with Crippen LogP contribution in [0.25, 0.3) is 0 Å². The maximum atomic E-state index is 11.8. The van der Waals surface area contributed by atoms with Crippen LogP contribution in [-0.4, -0.2) is 21.0 Å². The van der Waals surface area contributed by atoms with Gasteiger partial charge in [-0.1, -0.05) is 12.1 Å². The molecule has 0 aromatic carbocycles. The number of aromatic nitrogens is 2. The molecule has 0 unspecified atom stereocenters. The Balaban J connectivity index is 1.70. The summed E-state index contributed by atoms with van der Waals surface area (Å²) in [5.41, 5.74) is 2.36. The molecular formula is C16H19N3O2. The molecule has 0 bridgehead atoms. The maximum absolute atomic E-state index is 11.8. The molecule has 0 aliphatic rings. The molecular weight excluding hydrogens is 266 g/mol. The highest BCUT2D eigenvalue weighted by atomic mass is 16.3. The van der Waals surface area contributed by atoms with Crippen LogP contribution in [0.2, 0.25) is 0 Å². The van der Waals surface area contributed by atoms with Crippen LogP contribution in [-0.2, 0) is 24.4 Å². The summed E-state index contributed by atoms with van der Waals surface area (Å²) in [5.74, 6) is 0.00197. The average molecular weight is 285 g/mol. The molecule has 0 fully saturated rings.